The zero-order chi connectivity index (χ0) is 15.7. The number of piperidine rings is 1. The normalized spacial score (nSPS) is 19.4. The number of hydrogen-bond donors (Lipinski definition) is 1. The minimum Gasteiger partial charge on any atom is -0.495 e. The second kappa shape index (κ2) is 5.94. The zero-order valence-electron chi connectivity index (χ0n) is 12.8. The Labute approximate surface area is 126 Å². The molecule has 5 nitrogen and oxygen atoms in total. The van der Waals surface area contributed by atoms with Crippen LogP contribution in [0.25, 0.3) is 0 Å². The summed E-state index contributed by atoms with van der Waals surface area (Å²) in [5.74, 6) is 0.315. The summed E-state index contributed by atoms with van der Waals surface area (Å²) >= 11 is 0. The number of methoxy groups -OCH3 is 1. The van der Waals surface area contributed by atoms with E-state index in [4.69, 9.17) is 4.74 Å². The predicted octanol–water partition coefficient (Wildman–Crippen LogP) is 2.00. The van der Waals surface area contributed by atoms with Crippen molar-refractivity contribution in [2.75, 3.05) is 20.2 Å². The van der Waals surface area contributed by atoms with Gasteiger partial charge >= 0.3 is 0 Å². The van der Waals surface area contributed by atoms with Gasteiger partial charge in [0.05, 0.1) is 13.7 Å². The first kappa shape index (κ1) is 16.3. The average Bonchev–Trinajstić information content (AvgIpc) is 2.45. The predicted molar refractivity (Wildman–Crippen MR) is 80.7 cm³/mol. The van der Waals surface area contributed by atoms with Crippen molar-refractivity contribution in [3.05, 3.63) is 23.8 Å². The Morgan fingerprint density at radius 3 is 2.67 bits per heavy atom. The third-order valence-corrected chi connectivity index (χ3v) is 5.76. The maximum absolute atomic E-state index is 12.9. The van der Waals surface area contributed by atoms with Crippen molar-refractivity contribution in [3.63, 3.8) is 0 Å². The van der Waals surface area contributed by atoms with Gasteiger partial charge in [0.15, 0.2) is 0 Å². The minimum atomic E-state index is -3.61. The van der Waals surface area contributed by atoms with Gasteiger partial charge in [-0.25, -0.2) is 8.42 Å². The summed E-state index contributed by atoms with van der Waals surface area (Å²) in [6.45, 7) is 4.99. The third-order valence-electron chi connectivity index (χ3n) is 3.89. The van der Waals surface area contributed by atoms with Crippen molar-refractivity contribution in [1.29, 1.82) is 0 Å². The maximum Gasteiger partial charge on any atom is 0.246 e. The summed E-state index contributed by atoms with van der Waals surface area (Å²) in [6, 6.07) is 4.75. The molecule has 1 saturated heterocycles. The fourth-order valence-corrected chi connectivity index (χ4v) is 4.61. The monoisotopic (exact) mass is 313 g/mol. The van der Waals surface area contributed by atoms with Crippen LogP contribution in [0.15, 0.2) is 23.1 Å². The van der Waals surface area contributed by atoms with E-state index in [1.807, 2.05) is 0 Å². The first-order valence-electron chi connectivity index (χ1n) is 7.08. The van der Waals surface area contributed by atoms with Gasteiger partial charge in [0.2, 0.25) is 10.0 Å². The van der Waals surface area contributed by atoms with Crippen LogP contribution in [0.2, 0.25) is 0 Å². The highest BCUT2D eigenvalue weighted by Crippen LogP contribution is 2.34. The van der Waals surface area contributed by atoms with Gasteiger partial charge in [-0.3, -0.25) is 0 Å². The molecule has 0 spiro atoms. The van der Waals surface area contributed by atoms with Gasteiger partial charge in [-0.05, 0) is 36.0 Å². The second-order valence-corrected chi connectivity index (χ2v) is 8.16. The Morgan fingerprint density at radius 2 is 2.10 bits per heavy atom. The summed E-state index contributed by atoms with van der Waals surface area (Å²) in [6.07, 6.45) is 1.88. The summed E-state index contributed by atoms with van der Waals surface area (Å²) in [5.41, 5.74) is 0.540. The van der Waals surface area contributed by atoms with Gasteiger partial charge in [-0.2, -0.15) is 4.31 Å². The van der Waals surface area contributed by atoms with Crippen LogP contribution in [0.4, 0.5) is 0 Å². The molecule has 0 bridgehead atoms. The van der Waals surface area contributed by atoms with E-state index in [1.165, 1.54) is 17.5 Å². The smallest absolute Gasteiger partial charge is 0.246 e. The molecule has 0 unspecified atom stereocenters. The topological polar surface area (TPSA) is 66.8 Å². The Balaban J connectivity index is 2.43. The lowest BCUT2D eigenvalue weighted by atomic mass is 9.85. The highest BCUT2D eigenvalue weighted by molar-refractivity contribution is 7.89. The first-order valence-corrected chi connectivity index (χ1v) is 8.52. The molecule has 0 atom stereocenters. The molecule has 1 N–H and O–H groups in total. The Hall–Kier alpha value is -1.11. The van der Waals surface area contributed by atoms with E-state index in [-0.39, 0.29) is 16.9 Å². The minimum absolute atomic E-state index is 0.0207. The van der Waals surface area contributed by atoms with Crippen molar-refractivity contribution < 1.29 is 18.3 Å². The number of nitrogens with zero attached hydrogens (tertiary/aromatic N) is 1. The lowest BCUT2D eigenvalue weighted by Gasteiger charge is -2.37. The number of hydrogen-bond acceptors (Lipinski definition) is 4. The van der Waals surface area contributed by atoms with Gasteiger partial charge in [-0.15, -0.1) is 0 Å². The molecule has 2 rings (SSSR count). The van der Waals surface area contributed by atoms with E-state index in [0.717, 1.165) is 12.8 Å². The lowest BCUT2D eigenvalue weighted by molar-refractivity contribution is 0.186. The van der Waals surface area contributed by atoms with Crippen LogP contribution < -0.4 is 4.74 Å². The molecule has 1 aliphatic heterocycles. The van der Waals surface area contributed by atoms with E-state index in [9.17, 15) is 13.5 Å². The van der Waals surface area contributed by atoms with Crippen LogP contribution in [0.3, 0.4) is 0 Å². The average molecular weight is 313 g/mol. The molecule has 0 amide bonds. The molecule has 0 aliphatic carbocycles. The maximum atomic E-state index is 12.9. The van der Waals surface area contributed by atoms with Gasteiger partial charge in [0, 0.05) is 13.1 Å². The van der Waals surface area contributed by atoms with Crippen LogP contribution in [0.1, 0.15) is 32.3 Å². The lowest BCUT2D eigenvalue weighted by Crippen LogP contribution is -2.43. The molecule has 1 aromatic rings. The summed E-state index contributed by atoms with van der Waals surface area (Å²) in [4.78, 5) is 0.134. The fraction of sp³-hybridized carbons (Fsp3) is 0.600. The summed E-state index contributed by atoms with van der Waals surface area (Å²) < 4.78 is 32.5. The number of rotatable bonds is 4. The van der Waals surface area contributed by atoms with Crippen molar-refractivity contribution in [2.24, 2.45) is 5.41 Å². The molecule has 1 aromatic carbocycles. The van der Waals surface area contributed by atoms with E-state index < -0.39 is 10.0 Å². The molecule has 0 saturated carbocycles. The van der Waals surface area contributed by atoms with Crippen molar-refractivity contribution in [3.8, 4) is 5.75 Å². The van der Waals surface area contributed by atoms with Crippen LogP contribution in [0, 0.1) is 5.41 Å². The van der Waals surface area contributed by atoms with E-state index in [1.54, 1.807) is 12.1 Å². The van der Waals surface area contributed by atoms with Crippen LogP contribution >= 0.6 is 0 Å². The Kier molecular flexibility index (Phi) is 4.60. The number of sulfonamides is 1. The second-order valence-electron chi connectivity index (χ2n) is 6.25. The largest absolute Gasteiger partial charge is 0.495 e. The summed E-state index contributed by atoms with van der Waals surface area (Å²) in [5, 5.41) is 9.24. The molecule has 21 heavy (non-hydrogen) atoms. The summed E-state index contributed by atoms with van der Waals surface area (Å²) in [7, 11) is -2.16. The quantitative estimate of drug-likeness (QED) is 0.923. The molecular weight excluding hydrogens is 290 g/mol. The zero-order valence-corrected chi connectivity index (χ0v) is 13.6. The molecule has 0 radical (unpaired) electrons. The Morgan fingerprint density at radius 1 is 1.38 bits per heavy atom. The standard InChI is InChI=1S/C15H23NO4S/c1-15(2)7-4-8-16(11-15)21(18,19)14-9-12(10-17)5-6-13(14)20-3/h5-6,9,17H,4,7-8,10-11H2,1-3H3. The van der Waals surface area contributed by atoms with Crippen molar-refractivity contribution >= 4 is 10.0 Å². The molecule has 0 aromatic heterocycles. The van der Waals surface area contributed by atoms with E-state index in [0.29, 0.717) is 24.4 Å². The van der Waals surface area contributed by atoms with Gasteiger partial charge in [-0.1, -0.05) is 19.9 Å². The molecular formula is C15H23NO4S. The molecule has 118 valence electrons. The van der Waals surface area contributed by atoms with Crippen molar-refractivity contribution in [2.45, 2.75) is 38.2 Å². The molecule has 1 fully saturated rings. The third kappa shape index (κ3) is 3.39. The fourth-order valence-electron chi connectivity index (χ4n) is 2.73. The molecule has 1 aliphatic rings. The van der Waals surface area contributed by atoms with E-state index >= 15 is 0 Å². The van der Waals surface area contributed by atoms with Gasteiger partial charge in [0.1, 0.15) is 10.6 Å². The van der Waals surface area contributed by atoms with E-state index in [2.05, 4.69) is 13.8 Å². The number of benzene rings is 1. The SMILES string of the molecule is COc1ccc(CO)cc1S(=O)(=O)N1CCCC(C)(C)C1. The van der Waals surface area contributed by atoms with Crippen LogP contribution in [0.5, 0.6) is 5.75 Å². The number of ether oxygens (including phenoxy) is 1. The van der Waals surface area contributed by atoms with Crippen LogP contribution in [-0.2, 0) is 16.6 Å². The van der Waals surface area contributed by atoms with Gasteiger partial charge in [0.25, 0.3) is 0 Å². The first-order chi connectivity index (χ1) is 9.80. The van der Waals surface area contributed by atoms with Crippen molar-refractivity contribution in [1.82, 2.24) is 4.31 Å². The number of aliphatic hydroxyl groups excluding tert-OH is 1. The highest BCUT2D eigenvalue weighted by Gasteiger charge is 2.35. The van der Waals surface area contributed by atoms with Gasteiger partial charge < -0.3 is 9.84 Å². The highest BCUT2D eigenvalue weighted by atomic mass is 32.2. The Bertz CT molecular complexity index is 610. The number of aliphatic hydroxyl groups is 1. The molecule has 6 heteroatoms. The van der Waals surface area contributed by atoms with Crippen LogP contribution in [-0.4, -0.2) is 38.0 Å². The molecule has 1 heterocycles.